The van der Waals surface area contributed by atoms with Crippen LogP contribution < -0.4 is 9.16 Å². The third kappa shape index (κ3) is 4.57. The van der Waals surface area contributed by atoms with E-state index in [1.807, 2.05) is 0 Å². The van der Waals surface area contributed by atoms with Crippen LogP contribution >= 0.6 is 0 Å². The summed E-state index contributed by atoms with van der Waals surface area (Å²) in [7, 11) is -2.04. The standard InChI is InChI=1S/C22H28O5Si/c1-6-16-12-17(24)13-20(25)22(16)19-11-10-18(26-15(5)23)14-21(19)27-28(7-2,8-3)9-4/h6,10-14,24-25H,1,7-9H2,2-5H3. The summed E-state index contributed by atoms with van der Waals surface area (Å²) in [6, 6.07) is 10.8. The maximum absolute atomic E-state index is 11.4. The summed E-state index contributed by atoms with van der Waals surface area (Å²) in [5, 5.41) is 20.3. The number of phenolic OH excluding ortho intramolecular Hbond substituents is 2. The zero-order valence-electron chi connectivity index (χ0n) is 16.9. The zero-order chi connectivity index (χ0) is 20.9. The van der Waals surface area contributed by atoms with Gasteiger partial charge in [-0.05, 0) is 41.9 Å². The molecule has 2 N–H and O–H groups in total. The van der Waals surface area contributed by atoms with Crippen molar-refractivity contribution in [2.45, 2.75) is 45.8 Å². The van der Waals surface area contributed by atoms with E-state index in [2.05, 4.69) is 27.4 Å². The maximum Gasteiger partial charge on any atom is 0.308 e. The predicted octanol–water partition coefficient (Wildman–Crippen LogP) is 5.72. The molecular formula is C22H28O5Si. The number of carbonyl (C=O) groups excluding carboxylic acids is 1. The second-order valence-corrected chi connectivity index (χ2v) is 11.4. The molecule has 0 aliphatic heterocycles. The average molecular weight is 401 g/mol. The fourth-order valence-electron chi connectivity index (χ4n) is 3.31. The average Bonchev–Trinajstić information content (AvgIpc) is 2.66. The van der Waals surface area contributed by atoms with Gasteiger partial charge in [-0.3, -0.25) is 4.79 Å². The largest absolute Gasteiger partial charge is 0.543 e. The monoisotopic (exact) mass is 400 g/mol. The normalized spacial score (nSPS) is 11.1. The highest BCUT2D eigenvalue weighted by Gasteiger charge is 2.32. The number of carbonyl (C=O) groups is 1. The van der Waals surface area contributed by atoms with Gasteiger partial charge in [0, 0.05) is 30.2 Å². The number of benzene rings is 2. The highest BCUT2D eigenvalue weighted by Crippen LogP contribution is 2.44. The van der Waals surface area contributed by atoms with Crippen LogP contribution in [-0.4, -0.2) is 24.5 Å². The Balaban J connectivity index is 2.71. The lowest BCUT2D eigenvalue weighted by Crippen LogP contribution is -2.39. The minimum absolute atomic E-state index is 0.0467. The van der Waals surface area contributed by atoms with Gasteiger partial charge in [-0.25, -0.2) is 0 Å². The number of phenols is 2. The number of aromatic hydroxyl groups is 2. The maximum atomic E-state index is 11.4. The summed E-state index contributed by atoms with van der Waals surface area (Å²) in [5.74, 6) is 0.408. The van der Waals surface area contributed by atoms with E-state index in [1.54, 1.807) is 24.3 Å². The molecule has 0 heterocycles. The molecule has 0 saturated carbocycles. The quantitative estimate of drug-likeness (QED) is 0.337. The fraction of sp³-hybridized carbons (Fsp3) is 0.318. The van der Waals surface area contributed by atoms with Crippen LogP contribution in [0.5, 0.6) is 23.0 Å². The third-order valence-corrected chi connectivity index (χ3v) is 9.62. The van der Waals surface area contributed by atoms with E-state index in [1.165, 1.54) is 19.1 Å². The summed E-state index contributed by atoms with van der Waals surface area (Å²) in [5.41, 5.74) is 1.76. The van der Waals surface area contributed by atoms with Crippen molar-refractivity contribution in [1.29, 1.82) is 0 Å². The van der Waals surface area contributed by atoms with Crippen LogP contribution in [0.1, 0.15) is 33.3 Å². The first-order valence-corrected chi connectivity index (χ1v) is 12.0. The number of hydrogen-bond donors (Lipinski definition) is 2. The fourth-order valence-corrected chi connectivity index (χ4v) is 5.88. The van der Waals surface area contributed by atoms with Gasteiger partial charge < -0.3 is 19.4 Å². The molecule has 2 aromatic rings. The molecule has 0 amide bonds. The van der Waals surface area contributed by atoms with Crippen molar-refractivity contribution in [2.24, 2.45) is 0 Å². The topological polar surface area (TPSA) is 76.0 Å². The Morgan fingerprint density at radius 1 is 1.11 bits per heavy atom. The molecule has 2 aromatic carbocycles. The zero-order valence-corrected chi connectivity index (χ0v) is 17.9. The van der Waals surface area contributed by atoms with Crippen molar-refractivity contribution >= 4 is 20.4 Å². The van der Waals surface area contributed by atoms with Crippen molar-refractivity contribution in [3.05, 3.63) is 42.5 Å². The molecule has 0 fully saturated rings. The second-order valence-electron chi connectivity index (χ2n) is 6.73. The molecule has 0 unspecified atom stereocenters. The molecule has 0 atom stereocenters. The van der Waals surface area contributed by atoms with Crippen LogP contribution in [0.3, 0.4) is 0 Å². The predicted molar refractivity (Wildman–Crippen MR) is 114 cm³/mol. The van der Waals surface area contributed by atoms with Gasteiger partial charge in [-0.1, -0.05) is 33.4 Å². The molecule has 150 valence electrons. The van der Waals surface area contributed by atoms with Crippen LogP contribution in [0.25, 0.3) is 17.2 Å². The lowest BCUT2D eigenvalue weighted by atomic mass is 9.97. The number of esters is 1. The first-order chi connectivity index (χ1) is 13.3. The van der Waals surface area contributed by atoms with E-state index in [-0.39, 0.29) is 11.5 Å². The molecule has 2 rings (SSSR count). The molecule has 0 saturated heterocycles. The smallest absolute Gasteiger partial charge is 0.308 e. The Bertz CT molecular complexity index is 863. The Labute approximate surface area is 167 Å². The van der Waals surface area contributed by atoms with E-state index < -0.39 is 14.3 Å². The number of hydrogen-bond acceptors (Lipinski definition) is 5. The van der Waals surface area contributed by atoms with E-state index in [9.17, 15) is 15.0 Å². The molecule has 6 heteroatoms. The first kappa shape index (κ1) is 21.6. The van der Waals surface area contributed by atoms with E-state index >= 15 is 0 Å². The second kappa shape index (κ2) is 8.97. The summed E-state index contributed by atoms with van der Waals surface area (Å²) in [4.78, 5) is 11.4. The summed E-state index contributed by atoms with van der Waals surface area (Å²) >= 11 is 0. The van der Waals surface area contributed by atoms with Gasteiger partial charge in [0.05, 0.1) is 0 Å². The molecule has 28 heavy (non-hydrogen) atoms. The summed E-state index contributed by atoms with van der Waals surface area (Å²) in [6.07, 6.45) is 1.57. The van der Waals surface area contributed by atoms with Gasteiger partial charge >= 0.3 is 5.97 Å². The Hall–Kier alpha value is -2.73. The van der Waals surface area contributed by atoms with Crippen molar-refractivity contribution in [3.63, 3.8) is 0 Å². The van der Waals surface area contributed by atoms with Gasteiger partial charge in [-0.2, -0.15) is 0 Å². The van der Waals surface area contributed by atoms with Crippen molar-refractivity contribution in [3.8, 4) is 34.1 Å². The molecule has 0 radical (unpaired) electrons. The van der Waals surface area contributed by atoms with Crippen LogP contribution in [0.4, 0.5) is 0 Å². The van der Waals surface area contributed by atoms with Crippen LogP contribution in [0.2, 0.25) is 18.1 Å². The highest BCUT2D eigenvalue weighted by atomic mass is 28.4. The SMILES string of the molecule is C=Cc1cc(O)cc(O)c1-c1ccc(OC(C)=O)cc1O[Si](CC)(CC)CC. The third-order valence-electron chi connectivity index (χ3n) is 5.10. The van der Waals surface area contributed by atoms with Gasteiger partial charge in [0.2, 0.25) is 0 Å². The molecule has 0 aliphatic rings. The van der Waals surface area contributed by atoms with Crippen LogP contribution in [0, 0.1) is 0 Å². The summed E-state index contributed by atoms with van der Waals surface area (Å²) in [6.45, 7) is 11.5. The molecule has 0 aromatic heterocycles. The van der Waals surface area contributed by atoms with Gasteiger partial charge in [0.1, 0.15) is 23.0 Å². The van der Waals surface area contributed by atoms with Gasteiger partial charge in [-0.15, -0.1) is 0 Å². The minimum Gasteiger partial charge on any atom is -0.543 e. The lowest BCUT2D eigenvalue weighted by molar-refractivity contribution is -0.131. The Morgan fingerprint density at radius 3 is 2.29 bits per heavy atom. The molecular weight excluding hydrogens is 372 g/mol. The van der Waals surface area contributed by atoms with Crippen molar-refractivity contribution in [2.75, 3.05) is 0 Å². The van der Waals surface area contributed by atoms with E-state index in [0.29, 0.717) is 28.2 Å². The van der Waals surface area contributed by atoms with Gasteiger partial charge in [0.25, 0.3) is 8.32 Å². The van der Waals surface area contributed by atoms with E-state index in [4.69, 9.17) is 9.16 Å². The van der Waals surface area contributed by atoms with Gasteiger partial charge in [0.15, 0.2) is 0 Å². The Morgan fingerprint density at radius 2 is 1.75 bits per heavy atom. The molecule has 0 aliphatic carbocycles. The molecule has 0 spiro atoms. The Kier molecular flexibility index (Phi) is 6.91. The van der Waals surface area contributed by atoms with Crippen LogP contribution in [-0.2, 0) is 4.79 Å². The number of rotatable bonds is 8. The van der Waals surface area contributed by atoms with Crippen molar-refractivity contribution in [1.82, 2.24) is 0 Å². The first-order valence-electron chi connectivity index (χ1n) is 9.49. The lowest BCUT2D eigenvalue weighted by Gasteiger charge is -2.30. The summed E-state index contributed by atoms with van der Waals surface area (Å²) < 4.78 is 11.8. The number of ether oxygens (including phenoxy) is 1. The molecule has 0 bridgehead atoms. The highest BCUT2D eigenvalue weighted by molar-refractivity contribution is 6.74. The molecule has 5 nitrogen and oxygen atoms in total. The van der Waals surface area contributed by atoms with Crippen molar-refractivity contribution < 1.29 is 24.2 Å². The van der Waals surface area contributed by atoms with Crippen LogP contribution in [0.15, 0.2) is 36.9 Å². The van der Waals surface area contributed by atoms with E-state index in [0.717, 1.165) is 18.1 Å². The minimum atomic E-state index is -2.04.